The van der Waals surface area contributed by atoms with Crippen LogP contribution < -0.4 is 5.32 Å². The summed E-state index contributed by atoms with van der Waals surface area (Å²) in [6, 6.07) is 0.537. The molecule has 0 saturated carbocycles. The van der Waals surface area contributed by atoms with Crippen LogP contribution in [0, 0.1) is 5.92 Å². The summed E-state index contributed by atoms with van der Waals surface area (Å²) in [7, 11) is 0. The molecule has 1 heteroatoms. The van der Waals surface area contributed by atoms with Crippen LogP contribution in [-0.2, 0) is 0 Å². The van der Waals surface area contributed by atoms with Gasteiger partial charge in [-0.15, -0.1) is 0 Å². The average molecular weight is 149 g/mol. The summed E-state index contributed by atoms with van der Waals surface area (Å²) >= 11 is 0. The van der Waals surface area contributed by atoms with Gasteiger partial charge in [0.25, 0.3) is 0 Å². The maximum absolute atomic E-state index is 3.24. The number of hydrogen-bond donors (Lipinski definition) is 1. The lowest BCUT2D eigenvalue weighted by Gasteiger charge is -2.14. The van der Waals surface area contributed by atoms with Crippen molar-refractivity contribution in [3.8, 4) is 0 Å². The summed E-state index contributed by atoms with van der Waals surface area (Å²) in [4.78, 5) is 0. The quantitative estimate of drug-likeness (QED) is 0.557. The van der Waals surface area contributed by atoms with Crippen molar-refractivity contribution in [3.05, 3.63) is 36.6 Å². The van der Waals surface area contributed by atoms with Gasteiger partial charge in [0, 0.05) is 5.92 Å². The van der Waals surface area contributed by atoms with Crippen LogP contribution in [-0.4, -0.2) is 6.04 Å². The molecule has 1 aliphatic carbocycles. The Morgan fingerprint density at radius 1 is 1.00 bits per heavy atom. The number of fused-ring (bicyclic) bond motifs is 1. The molecule has 0 fully saturated rings. The topological polar surface area (TPSA) is 12.0 Å². The molecule has 0 amide bonds. The van der Waals surface area contributed by atoms with Gasteiger partial charge in [0.1, 0.15) is 0 Å². The predicted molar refractivity (Wildman–Crippen MR) is 49.2 cm³/mol. The van der Waals surface area contributed by atoms with Gasteiger partial charge < -0.3 is 5.32 Å². The highest BCUT2D eigenvalue weighted by Crippen LogP contribution is 2.17. The minimum absolute atomic E-state index is 0.537. The molecule has 1 nitrogen and oxygen atoms in total. The van der Waals surface area contributed by atoms with E-state index in [4.69, 9.17) is 0 Å². The van der Waals surface area contributed by atoms with Crippen LogP contribution in [0.2, 0.25) is 0 Å². The molecule has 11 heavy (non-hydrogen) atoms. The van der Waals surface area contributed by atoms with E-state index in [1.807, 2.05) is 20.0 Å². The van der Waals surface area contributed by atoms with Gasteiger partial charge >= 0.3 is 0 Å². The Hall–Kier alpha value is -0.980. The Labute approximate surface area is 68.5 Å². The monoisotopic (exact) mass is 149 g/mol. The van der Waals surface area contributed by atoms with Gasteiger partial charge in [0.15, 0.2) is 0 Å². The summed E-state index contributed by atoms with van der Waals surface area (Å²) in [5.41, 5.74) is 0. The minimum Gasteiger partial charge on any atom is -0.384 e. The molecular weight excluding hydrogens is 134 g/mol. The van der Waals surface area contributed by atoms with Gasteiger partial charge in [-0.05, 0) is 6.20 Å². The van der Waals surface area contributed by atoms with Gasteiger partial charge in [-0.2, -0.15) is 0 Å². The van der Waals surface area contributed by atoms with Crippen LogP contribution in [0.5, 0.6) is 0 Å². The third-order valence-electron chi connectivity index (χ3n) is 1.78. The van der Waals surface area contributed by atoms with Crippen LogP contribution >= 0.6 is 0 Å². The lowest BCUT2D eigenvalue weighted by Crippen LogP contribution is -2.23. The van der Waals surface area contributed by atoms with E-state index in [0.717, 1.165) is 0 Å². The molecule has 0 aromatic heterocycles. The maximum Gasteiger partial charge on any atom is 0.0540 e. The molecule has 0 spiro atoms. The summed E-state index contributed by atoms with van der Waals surface area (Å²) < 4.78 is 0. The third kappa shape index (κ3) is 1.73. The van der Waals surface area contributed by atoms with Crippen molar-refractivity contribution in [3.63, 3.8) is 0 Å². The van der Waals surface area contributed by atoms with E-state index in [2.05, 4.69) is 35.7 Å². The van der Waals surface area contributed by atoms with Gasteiger partial charge in [-0.25, -0.2) is 0 Å². The standard InChI is InChI=1S/C8H9N.C2H6/c1-2-4-8-7(3-1)5-6-9-8;1-2/h1-9H;1-2H3/t7?,8-;/m0./s1. The fraction of sp³-hybridized carbons (Fsp3) is 0.400. The Morgan fingerprint density at radius 2 is 1.73 bits per heavy atom. The zero-order valence-electron chi connectivity index (χ0n) is 7.12. The predicted octanol–water partition coefficient (Wildman–Crippen LogP) is 2.24. The molecule has 1 N–H and O–H groups in total. The van der Waals surface area contributed by atoms with Crippen LogP contribution in [0.15, 0.2) is 36.6 Å². The number of hydrogen-bond acceptors (Lipinski definition) is 1. The van der Waals surface area contributed by atoms with Crippen LogP contribution in [0.1, 0.15) is 13.8 Å². The first-order valence-electron chi connectivity index (χ1n) is 4.24. The smallest absolute Gasteiger partial charge is 0.0540 e. The molecule has 0 aromatic rings. The molecule has 0 bridgehead atoms. The van der Waals surface area contributed by atoms with E-state index in [9.17, 15) is 0 Å². The largest absolute Gasteiger partial charge is 0.384 e. The normalized spacial score (nSPS) is 30.4. The summed E-state index contributed by atoms with van der Waals surface area (Å²) in [5.74, 6) is 0.606. The summed E-state index contributed by atoms with van der Waals surface area (Å²) in [6.45, 7) is 4.00. The molecule has 1 unspecified atom stereocenters. The highest BCUT2D eigenvalue weighted by atomic mass is 14.9. The molecule has 0 saturated heterocycles. The van der Waals surface area contributed by atoms with E-state index in [1.54, 1.807) is 0 Å². The van der Waals surface area contributed by atoms with Crippen LogP contribution in [0.25, 0.3) is 0 Å². The zero-order valence-corrected chi connectivity index (χ0v) is 7.12. The Morgan fingerprint density at radius 3 is 2.45 bits per heavy atom. The molecule has 0 radical (unpaired) electrons. The van der Waals surface area contributed by atoms with Crippen molar-refractivity contribution >= 4 is 0 Å². The second kappa shape index (κ2) is 4.02. The number of rotatable bonds is 0. The molecule has 1 aliphatic heterocycles. The molecule has 0 aromatic carbocycles. The highest BCUT2D eigenvalue weighted by Gasteiger charge is 2.17. The molecule has 2 aliphatic rings. The van der Waals surface area contributed by atoms with Crippen LogP contribution in [0.4, 0.5) is 0 Å². The Kier molecular flexibility index (Phi) is 2.96. The fourth-order valence-corrected chi connectivity index (χ4v) is 1.25. The van der Waals surface area contributed by atoms with Crippen molar-refractivity contribution in [2.45, 2.75) is 19.9 Å². The number of nitrogens with one attached hydrogen (secondary N) is 1. The first-order chi connectivity index (χ1) is 5.47. The van der Waals surface area contributed by atoms with E-state index >= 15 is 0 Å². The van der Waals surface area contributed by atoms with E-state index < -0.39 is 0 Å². The van der Waals surface area contributed by atoms with Crippen LogP contribution in [0.3, 0.4) is 0 Å². The maximum atomic E-state index is 3.24. The van der Waals surface area contributed by atoms with E-state index in [0.29, 0.717) is 12.0 Å². The first-order valence-corrected chi connectivity index (χ1v) is 4.24. The molecule has 60 valence electrons. The van der Waals surface area contributed by atoms with Gasteiger partial charge in [0.05, 0.1) is 6.04 Å². The molecule has 2 rings (SSSR count). The highest BCUT2D eigenvalue weighted by molar-refractivity contribution is 5.25. The van der Waals surface area contributed by atoms with Crippen molar-refractivity contribution in [1.29, 1.82) is 0 Å². The molecule has 1 heterocycles. The van der Waals surface area contributed by atoms with Gasteiger partial charge in [-0.3, -0.25) is 0 Å². The minimum atomic E-state index is 0.537. The average Bonchev–Trinajstić information content (AvgIpc) is 2.55. The first kappa shape index (κ1) is 8.12. The van der Waals surface area contributed by atoms with Crippen molar-refractivity contribution in [2.75, 3.05) is 0 Å². The lowest BCUT2D eigenvalue weighted by molar-refractivity contribution is 0.649. The fourth-order valence-electron chi connectivity index (χ4n) is 1.25. The summed E-state index contributed by atoms with van der Waals surface area (Å²) in [5, 5.41) is 3.24. The Balaban J connectivity index is 0.000000281. The van der Waals surface area contributed by atoms with Gasteiger partial charge in [-0.1, -0.05) is 44.2 Å². The molecule has 2 atom stereocenters. The Bertz CT molecular complexity index is 189. The lowest BCUT2D eigenvalue weighted by atomic mass is 9.98. The van der Waals surface area contributed by atoms with Crippen molar-refractivity contribution < 1.29 is 0 Å². The molecular formula is C10H15N. The van der Waals surface area contributed by atoms with Gasteiger partial charge in [0.2, 0.25) is 0 Å². The second-order valence-corrected chi connectivity index (χ2v) is 2.40. The second-order valence-electron chi connectivity index (χ2n) is 2.40. The zero-order chi connectivity index (χ0) is 8.10. The van der Waals surface area contributed by atoms with Crippen molar-refractivity contribution in [1.82, 2.24) is 5.32 Å². The third-order valence-corrected chi connectivity index (χ3v) is 1.78. The summed E-state index contributed by atoms with van der Waals surface area (Å²) in [6.07, 6.45) is 12.8. The van der Waals surface area contributed by atoms with Crippen molar-refractivity contribution in [2.24, 2.45) is 5.92 Å². The number of allylic oxidation sites excluding steroid dienone is 2. The SMILES string of the molecule is C1=CC2C=CN[C@H]2C=C1.CC. The van der Waals surface area contributed by atoms with E-state index in [-0.39, 0.29) is 0 Å². The van der Waals surface area contributed by atoms with E-state index in [1.165, 1.54) is 0 Å².